The number of ether oxygens (including phenoxy) is 1. The number of aromatic amines is 1. The summed E-state index contributed by atoms with van der Waals surface area (Å²) < 4.78 is 6.92. The van der Waals surface area contributed by atoms with Crippen molar-refractivity contribution >= 4 is 46.1 Å². The summed E-state index contributed by atoms with van der Waals surface area (Å²) >= 11 is 0. The number of benzene rings is 2. The molecule has 0 spiro atoms. The first-order valence-corrected chi connectivity index (χ1v) is 18.9. The second-order valence-electron chi connectivity index (χ2n) is 15.0. The van der Waals surface area contributed by atoms with E-state index in [0.29, 0.717) is 13.0 Å². The SMILES string of the molecule is CC(=O)N[C@H](C(=O)N[C@H](C(=O)N[C@@H](CC(C)C)C(=O)N[C@@H](C[C@@H]1CCNC1=O)C(=O)Cn1[nH]c(=O)c2ccccc2c1=O)[C@@H](C)OCc1ccccc1)C(C)C. The minimum atomic E-state index is -1.32. The van der Waals surface area contributed by atoms with E-state index >= 15 is 0 Å². The molecule has 302 valence electrons. The van der Waals surface area contributed by atoms with Crippen molar-refractivity contribution in [3.05, 3.63) is 80.9 Å². The number of hydrogen-bond donors (Lipinski definition) is 6. The van der Waals surface area contributed by atoms with E-state index in [2.05, 4.69) is 31.7 Å². The minimum absolute atomic E-state index is 0.0892. The predicted octanol–water partition coefficient (Wildman–Crippen LogP) is 1.05. The normalized spacial score (nSPS) is 16.7. The number of hydrogen-bond acceptors (Lipinski definition) is 9. The third-order valence-corrected chi connectivity index (χ3v) is 9.64. The number of nitrogens with zero attached hydrogens (tertiary/aromatic N) is 1. The molecular weight excluding hydrogens is 722 g/mol. The van der Waals surface area contributed by atoms with E-state index in [1.165, 1.54) is 19.1 Å². The van der Waals surface area contributed by atoms with Crippen molar-refractivity contribution in [2.75, 3.05) is 6.54 Å². The van der Waals surface area contributed by atoms with Crippen molar-refractivity contribution in [3.63, 3.8) is 0 Å². The van der Waals surface area contributed by atoms with Crippen LogP contribution in [-0.4, -0.2) is 81.9 Å². The quantitative estimate of drug-likeness (QED) is 0.102. The van der Waals surface area contributed by atoms with E-state index in [9.17, 15) is 38.4 Å². The molecular formula is C40H53N7O9. The third kappa shape index (κ3) is 11.7. The third-order valence-electron chi connectivity index (χ3n) is 9.64. The maximum Gasteiger partial charge on any atom is 0.273 e. The van der Waals surface area contributed by atoms with E-state index in [1.54, 1.807) is 32.9 Å². The van der Waals surface area contributed by atoms with Gasteiger partial charge in [0, 0.05) is 19.4 Å². The molecule has 0 aliphatic carbocycles. The van der Waals surface area contributed by atoms with Gasteiger partial charge in [-0.05, 0) is 55.7 Å². The fraction of sp³-hybridized carbons (Fsp3) is 0.500. The van der Waals surface area contributed by atoms with E-state index in [0.717, 1.165) is 10.2 Å². The minimum Gasteiger partial charge on any atom is -0.371 e. The number of fused-ring (bicyclic) bond motifs is 1. The fourth-order valence-electron chi connectivity index (χ4n) is 6.58. The molecule has 6 atom stereocenters. The predicted molar refractivity (Wildman–Crippen MR) is 208 cm³/mol. The molecule has 16 nitrogen and oxygen atoms in total. The zero-order chi connectivity index (χ0) is 41.1. The lowest BCUT2D eigenvalue weighted by molar-refractivity contribution is -0.138. The van der Waals surface area contributed by atoms with Gasteiger partial charge in [0.15, 0.2) is 5.78 Å². The molecule has 1 fully saturated rings. The van der Waals surface area contributed by atoms with E-state index in [-0.39, 0.29) is 48.0 Å². The second-order valence-corrected chi connectivity index (χ2v) is 15.0. The van der Waals surface area contributed by atoms with Crippen molar-refractivity contribution in [3.8, 4) is 0 Å². The summed E-state index contributed by atoms with van der Waals surface area (Å²) in [5.74, 6) is -4.55. The summed E-state index contributed by atoms with van der Waals surface area (Å²) in [7, 11) is 0. The van der Waals surface area contributed by atoms with Crippen LogP contribution in [0.3, 0.4) is 0 Å². The Hall–Kier alpha value is -5.64. The van der Waals surface area contributed by atoms with Crippen LogP contribution in [0.5, 0.6) is 0 Å². The van der Waals surface area contributed by atoms with Gasteiger partial charge in [-0.1, -0.05) is 70.2 Å². The van der Waals surface area contributed by atoms with Gasteiger partial charge in [-0.15, -0.1) is 0 Å². The number of ketones is 1. The van der Waals surface area contributed by atoms with Gasteiger partial charge < -0.3 is 31.3 Å². The van der Waals surface area contributed by atoms with Crippen LogP contribution in [0.25, 0.3) is 10.8 Å². The topological polar surface area (TPSA) is 227 Å². The Morgan fingerprint density at radius 2 is 1.41 bits per heavy atom. The van der Waals surface area contributed by atoms with E-state index < -0.39 is 83.3 Å². The Bertz CT molecular complexity index is 2010. The first-order valence-electron chi connectivity index (χ1n) is 18.9. The Kier molecular flexibility index (Phi) is 15.2. The molecule has 2 aromatic carbocycles. The van der Waals surface area contributed by atoms with Crippen molar-refractivity contribution in [1.82, 2.24) is 36.4 Å². The second kappa shape index (κ2) is 19.8. The molecule has 6 N–H and O–H groups in total. The number of H-pyrrole nitrogens is 1. The highest BCUT2D eigenvalue weighted by Crippen LogP contribution is 2.18. The molecule has 1 aromatic heterocycles. The lowest BCUT2D eigenvalue weighted by Crippen LogP contribution is -2.61. The molecule has 1 aliphatic rings. The van der Waals surface area contributed by atoms with Gasteiger partial charge in [0.2, 0.25) is 29.5 Å². The Morgan fingerprint density at radius 3 is 2.02 bits per heavy atom. The number of amides is 5. The molecule has 5 amide bonds. The first kappa shape index (κ1) is 43.1. The standard InChI is InChI=1S/C40H53N7O9/c1-22(2)18-31(44-39(54)34(24(5)56-21-26-12-8-7-9-13-26)45-38(53)33(23(3)4)42-25(6)48)37(52)43-30(19-27-16-17-41-35(27)50)32(49)20-47-40(55)29-15-11-10-14-28(29)36(51)46-47/h7-15,22-24,27,30-31,33-34H,16-21H2,1-6H3,(H,41,50)(H,42,48)(H,43,52)(H,44,54)(H,45,53)(H,46,51)/t24-,27+,30+,31+,33+,34+/m1/s1. The van der Waals surface area contributed by atoms with Crippen LogP contribution in [0.2, 0.25) is 0 Å². The summed E-state index contributed by atoms with van der Waals surface area (Å²) in [4.78, 5) is 106. The number of nitrogens with one attached hydrogen (secondary N) is 6. The highest BCUT2D eigenvalue weighted by atomic mass is 16.5. The molecule has 0 saturated carbocycles. The summed E-state index contributed by atoms with van der Waals surface area (Å²) in [5, 5.41) is 16.2. The van der Waals surface area contributed by atoms with Crippen LogP contribution < -0.4 is 37.7 Å². The van der Waals surface area contributed by atoms with Crippen LogP contribution in [0.1, 0.15) is 66.4 Å². The zero-order valence-corrected chi connectivity index (χ0v) is 32.7. The summed E-state index contributed by atoms with van der Waals surface area (Å²) in [6, 6.07) is 10.6. The maximum absolute atomic E-state index is 14.1. The van der Waals surface area contributed by atoms with Gasteiger partial charge in [-0.2, -0.15) is 0 Å². The number of Topliss-reactive ketones (excluding diaryl/α,β-unsaturated/α-hetero) is 1. The summed E-state index contributed by atoms with van der Waals surface area (Å²) in [6.45, 7) is 9.95. The molecule has 1 saturated heterocycles. The number of aromatic nitrogens is 2. The lowest BCUT2D eigenvalue weighted by atomic mass is 9.94. The van der Waals surface area contributed by atoms with Gasteiger partial charge in [-0.3, -0.25) is 43.5 Å². The Labute approximate surface area is 324 Å². The van der Waals surface area contributed by atoms with Crippen molar-refractivity contribution in [2.45, 2.75) is 104 Å². The van der Waals surface area contributed by atoms with Gasteiger partial charge in [0.05, 0.1) is 29.5 Å². The average molecular weight is 776 g/mol. The Morgan fingerprint density at radius 1 is 0.786 bits per heavy atom. The van der Waals surface area contributed by atoms with Crippen molar-refractivity contribution < 1.29 is 33.5 Å². The maximum atomic E-state index is 14.1. The molecule has 16 heteroatoms. The summed E-state index contributed by atoms with van der Waals surface area (Å²) in [5.41, 5.74) is -0.372. The monoisotopic (exact) mass is 775 g/mol. The van der Waals surface area contributed by atoms with Gasteiger partial charge >= 0.3 is 0 Å². The fourth-order valence-corrected chi connectivity index (χ4v) is 6.58. The summed E-state index contributed by atoms with van der Waals surface area (Å²) in [6.07, 6.45) is -0.464. The van der Waals surface area contributed by atoms with Crippen molar-refractivity contribution in [2.24, 2.45) is 17.8 Å². The molecule has 1 aliphatic heterocycles. The highest BCUT2D eigenvalue weighted by molar-refractivity contribution is 5.96. The van der Waals surface area contributed by atoms with Crippen LogP contribution in [0, 0.1) is 17.8 Å². The lowest BCUT2D eigenvalue weighted by Gasteiger charge is -2.30. The molecule has 0 radical (unpaired) electrons. The highest BCUT2D eigenvalue weighted by Gasteiger charge is 2.37. The smallest absolute Gasteiger partial charge is 0.273 e. The molecule has 0 unspecified atom stereocenters. The van der Waals surface area contributed by atoms with Gasteiger partial charge in [0.25, 0.3) is 11.1 Å². The van der Waals surface area contributed by atoms with E-state index in [1.807, 2.05) is 44.2 Å². The Balaban J connectivity index is 1.60. The zero-order valence-electron chi connectivity index (χ0n) is 32.7. The molecule has 4 rings (SSSR count). The average Bonchev–Trinajstić information content (AvgIpc) is 3.56. The molecule has 3 aromatic rings. The van der Waals surface area contributed by atoms with E-state index in [4.69, 9.17) is 4.74 Å². The van der Waals surface area contributed by atoms with Crippen LogP contribution >= 0.6 is 0 Å². The van der Waals surface area contributed by atoms with Crippen LogP contribution in [0.15, 0.2) is 64.2 Å². The van der Waals surface area contributed by atoms with Crippen molar-refractivity contribution in [1.29, 1.82) is 0 Å². The molecule has 0 bridgehead atoms. The number of rotatable bonds is 19. The molecule has 2 heterocycles. The van der Waals surface area contributed by atoms with Gasteiger partial charge in [-0.25, -0.2) is 4.68 Å². The number of carbonyl (C=O) groups is 6. The van der Waals surface area contributed by atoms with Gasteiger partial charge in [0.1, 0.15) is 24.7 Å². The number of carbonyl (C=O) groups excluding carboxylic acids is 6. The molecule has 56 heavy (non-hydrogen) atoms. The van der Waals surface area contributed by atoms with Crippen LogP contribution in [-0.2, 0) is 46.7 Å². The van der Waals surface area contributed by atoms with Crippen LogP contribution in [0.4, 0.5) is 0 Å². The first-order chi connectivity index (χ1) is 26.5. The largest absolute Gasteiger partial charge is 0.371 e.